The molecule has 0 aromatic heterocycles. The smallest absolute Gasteiger partial charge is 0.312 e. The van der Waals surface area contributed by atoms with Gasteiger partial charge in [-0.15, -0.1) is 0 Å². The van der Waals surface area contributed by atoms with E-state index < -0.39 is 5.41 Å². The standard InChI is InChI=1S/C16H32O3/c1-8-15(5,6)16(7,12-14(2,3)4)13(18)19-11-9-10-17/h17H,8-12H2,1-7H3. The van der Waals surface area contributed by atoms with Gasteiger partial charge in [-0.25, -0.2) is 0 Å². The molecule has 114 valence electrons. The number of hydrogen-bond donors (Lipinski definition) is 1. The maximum absolute atomic E-state index is 12.5. The average molecular weight is 272 g/mol. The first-order chi connectivity index (χ1) is 8.50. The Kier molecular flexibility index (Phi) is 6.53. The Balaban J connectivity index is 5.11. The van der Waals surface area contributed by atoms with Crippen molar-refractivity contribution in [2.75, 3.05) is 13.2 Å². The van der Waals surface area contributed by atoms with Gasteiger partial charge in [0.2, 0.25) is 0 Å². The summed E-state index contributed by atoms with van der Waals surface area (Å²) in [5.74, 6) is -0.136. The number of aliphatic hydroxyl groups is 1. The van der Waals surface area contributed by atoms with Crippen molar-refractivity contribution < 1.29 is 14.6 Å². The van der Waals surface area contributed by atoms with Gasteiger partial charge in [0.25, 0.3) is 0 Å². The predicted molar refractivity (Wildman–Crippen MR) is 78.9 cm³/mol. The van der Waals surface area contributed by atoms with Crippen molar-refractivity contribution >= 4 is 5.97 Å². The molecule has 0 rings (SSSR count). The van der Waals surface area contributed by atoms with Gasteiger partial charge in [-0.05, 0) is 30.6 Å². The molecule has 0 saturated carbocycles. The highest BCUT2D eigenvalue weighted by molar-refractivity contribution is 5.77. The van der Waals surface area contributed by atoms with E-state index in [1.54, 1.807) is 0 Å². The van der Waals surface area contributed by atoms with Crippen LogP contribution in [0.4, 0.5) is 0 Å². The van der Waals surface area contributed by atoms with E-state index in [-0.39, 0.29) is 23.4 Å². The minimum Gasteiger partial charge on any atom is -0.465 e. The fraction of sp³-hybridized carbons (Fsp3) is 0.938. The van der Waals surface area contributed by atoms with E-state index in [0.29, 0.717) is 13.0 Å². The Morgan fingerprint density at radius 3 is 2.00 bits per heavy atom. The lowest BCUT2D eigenvalue weighted by atomic mass is 9.59. The summed E-state index contributed by atoms with van der Waals surface area (Å²) in [5, 5.41) is 8.78. The van der Waals surface area contributed by atoms with Crippen molar-refractivity contribution in [3.63, 3.8) is 0 Å². The predicted octanol–water partition coefficient (Wildman–Crippen LogP) is 3.79. The molecule has 0 fully saturated rings. The van der Waals surface area contributed by atoms with Crippen molar-refractivity contribution in [2.45, 2.75) is 67.7 Å². The van der Waals surface area contributed by atoms with Crippen molar-refractivity contribution in [3.05, 3.63) is 0 Å². The highest BCUT2D eigenvalue weighted by Crippen LogP contribution is 2.49. The van der Waals surface area contributed by atoms with Crippen LogP contribution in [0, 0.1) is 16.2 Å². The van der Waals surface area contributed by atoms with Crippen LogP contribution < -0.4 is 0 Å². The third kappa shape index (κ3) is 5.13. The monoisotopic (exact) mass is 272 g/mol. The molecule has 0 aliphatic rings. The van der Waals surface area contributed by atoms with Gasteiger partial charge in [-0.2, -0.15) is 0 Å². The molecule has 0 amide bonds. The molecule has 0 aliphatic heterocycles. The van der Waals surface area contributed by atoms with E-state index in [9.17, 15) is 4.79 Å². The van der Waals surface area contributed by atoms with E-state index in [2.05, 4.69) is 41.5 Å². The van der Waals surface area contributed by atoms with Gasteiger partial charge in [0, 0.05) is 13.0 Å². The normalized spacial score (nSPS) is 16.0. The quantitative estimate of drug-likeness (QED) is 0.566. The lowest BCUT2D eigenvalue weighted by Gasteiger charge is -2.45. The number of hydrogen-bond acceptors (Lipinski definition) is 3. The summed E-state index contributed by atoms with van der Waals surface area (Å²) in [6.07, 6.45) is 2.22. The molecule has 0 saturated heterocycles. The van der Waals surface area contributed by atoms with Crippen LogP contribution in [-0.4, -0.2) is 24.3 Å². The number of aliphatic hydroxyl groups excluding tert-OH is 1. The van der Waals surface area contributed by atoms with E-state index in [1.807, 2.05) is 6.92 Å². The summed E-state index contributed by atoms with van der Waals surface area (Å²) in [6.45, 7) is 15.2. The molecule has 0 aromatic carbocycles. The minimum atomic E-state index is -0.505. The average Bonchev–Trinajstić information content (AvgIpc) is 2.26. The van der Waals surface area contributed by atoms with Gasteiger partial charge < -0.3 is 9.84 Å². The van der Waals surface area contributed by atoms with Gasteiger partial charge in [0.05, 0.1) is 12.0 Å². The van der Waals surface area contributed by atoms with Crippen LogP contribution in [0.5, 0.6) is 0 Å². The van der Waals surface area contributed by atoms with Crippen molar-refractivity contribution in [3.8, 4) is 0 Å². The second-order valence-corrected chi connectivity index (χ2v) is 7.52. The van der Waals surface area contributed by atoms with Crippen molar-refractivity contribution in [1.29, 1.82) is 0 Å². The summed E-state index contributed by atoms with van der Waals surface area (Å²) in [4.78, 5) is 12.5. The summed E-state index contributed by atoms with van der Waals surface area (Å²) in [6, 6.07) is 0. The second-order valence-electron chi connectivity index (χ2n) is 7.52. The van der Waals surface area contributed by atoms with E-state index >= 15 is 0 Å². The molecule has 0 radical (unpaired) electrons. The van der Waals surface area contributed by atoms with Crippen molar-refractivity contribution in [1.82, 2.24) is 0 Å². The molecule has 0 spiro atoms. The van der Waals surface area contributed by atoms with Gasteiger partial charge in [-0.3, -0.25) is 4.79 Å². The van der Waals surface area contributed by atoms with E-state index in [0.717, 1.165) is 12.8 Å². The lowest BCUT2D eigenvalue weighted by Crippen LogP contribution is -2.45. The van der Waals surface area contributed by atoms with E-state index in [4.69, 9.17) is 9.84 Å². The van der Waals surface area contributed by atoms with E-state index in [1.165, 1.54) is 0 Å². The topological polar surface area (TPSA) is 46.5 Å². The summed E-state index contributed by atoms with van der Waals surface area (Å²) >= 11 is 0. The Bertz CT molecular complexity index is 289. The largest absolute Gasteiger partial charge is 0.465 e. The summed E-state index contributed by atoms with van der Waals surface area (Å²) in [7, 11) is 0. The number of carbonyl (C=O) groups excluding carboxylic acids is 1. The highest BCUT2D eigenvalue weighted by Gasteiger charge is 2.49. The van der Waals surface area contributed by atoms with Gasteiger partial charge in [0.1, 0.15) is 0 Å². The van der Waals surface area contributed by atoms with Crippen LogP contribution in [-0.2, 0) is 9.53 Å². The molecule has 3 heteroatoms. The molecule has 0 heterocycles. The molecule has 0 aromatic rings. The van der Waals surface area contributed by atoms with Crippen LogP contribution in [0.1, 0.15) is 67.7 Å². The van der Waals surface area contributed by atoms with Crippen LogP contribution in [0.25, 0.3) is 0 Å². The molecule has 19 heavy (non-hydrogen) atoms. The lowest BCUT2D eigenvalue weighted by molar-refractivity contribution is -0.166. The van der Waals surface area contributed by atoms with Crippen LogP contribution in [0.15, 0.2) is 0 Å². The molecule has 1 N–H and O–H groups in total. The maximum atomic E-state index is 12.5. The van der Waals surface area contributed by atoms with Crippen molar-refractivity contribution in [2.24, 2.45) is 16.2 Å². The number of carbonyl (C=O) groups is 1. The van der Waals surface area contributed by atoms with Gasteiger partial charge in [-0.1, -0.05) is 41.5 Å². The number of ether oxygens (including phenoxy) is 1. The molecule has 0 aliphatic carbocycles. The number of rotatable bonds is 7. The first-order valence-corrected chi connectivity index (χ1v) is 7.28. The fourth-order valence-electron chi connectivity index (χ4n) is 2.43. The first-order valence-electron chi connectivity index (χ1n) is 7.28. The molecule has 3 nitrogen and oxygen atoms in total. The summed E-state index contributed by atoms with van der Waals surface area (Å²) in [5.41, 5.74) is -0.552. The number of esters is 1. The van der Waals surface area contributed by atoms with Gasteiger partial charge in [0.15, 0.2) is 0 Å². The molecule has 1 atom stereocenters. The molecular weight excluding hydrogens is 240 g/mol. The zero-order valence-corrected chi connectivity index (χ0v) is 13.8. The molecule has 0 bridgehead atoms. The van der Waals surface area contributed by atoms with Crippen LogP contribution in [0.2, 0.25) is 0 Å². The Labute approximate surface area is 118 Å². The molecular formula is C16H32O3. The molecule has 1 unspecified atom stereocenters. The highest BCUT2D eigenvalue weighted by atomic mass is 16.5. The minimum absolute atomic E-state index is 0.0560. The Morgan fingerprint density at radius 2 is 1.63 bits per heavy atom. The van der Waals surface area contributed by atoms with Crippen LogP contribution in [0.3, 0.4) is 0 Å². The third-order valence-electron chi connectivity index (χ3n) is 4.25. The summed E-state index contributed by atoms with van der Waals surface area (Å²) < 4.78 is 5.38. The zero-order chi connectivity index (χ0) is 15.3. The van der Waals surface area contributed by atoms with Gasteiger partial charge >= 0.3 is 5.97 Å². The zero-order valence-electron chi connectivity index (χ0n) is 13.8. The Morgan fingerprint density at radius 1 is 1.11 bits per heavy atom. The first kappa shape index (κ1) is 18.4. The maximum Gasteiger partial charge on any atom is 0.312 e. The fourth-order valence-corrected chi connectivity index (χ4v) is 2.43. The second kappa shape index (κ2) is 6.74. The Hall–Kier alpha value is -0.570. The third-order valence-corrected chi connectivity index (χ3v) is 4.25. The SMILES string of the molecule is CCC(C)(C)C(C)(CC(C)(C)C)C(=O)OCCCO. The van der Waals surface area contributed by atoms with Crippen LogP contribution >= 0.6 is 0 Å².